The highest BCUT2D eigenvalue weighted by Crippen LogP contribution is 2.39. The average Bonchev–Trinajstić information content (AvgIpc) is 2.98. The summed E-state index contributed by atoms with van der Waals surface area (Å²) in [6.07, 6.45) is 8.12. The molecule has 1 aliphatic rings. The van der Waals surface area contributed by atoms with Crippen molar-refractivity contribution in [3.05, 3.63) is 106 Å². The molecule has 44 heavy (non-hydrogen) atoms. The summed E-state index contributed by atoms with van der Waals surface area (Å²) < 4.78 is 0. The topological polar surface area (TPSA) is 51.2 Å². The van der Waals surface area contributed by atoms with Gasteiger partial charge in [0.25, 0.3) is 0 Å². The van der Waals surface area contributed by atoms with Crippen LogP contribution in [0.5, 0.6) is 0 Å². The molecule has 0 spiro atoms. The Morgan fingerprint density at radius 1 is 0.818 bits per heavy atom. The zero-order valence-electron chi connectivity index (χ0n) is 28.0. The third-order valence-corrected chi connectivity index (χ3v) is 9.09. The lowest BCUT2D eigenvalue weighted by atomic mass is 9.71. The van der Waals surface area contributed by atoms with Crippen LogP contribution < -0.4 is 0 Å². The fourth-order valence-electron chi connectivity index (χ4n) is 7.27. The van der Waals surface area contributed by atoms with Gasteiger partial charge in [-0.2, -0.15) is 0 Å². The summed E-state index contributed by atoms with van der Waals surface area (Å²) in [5.41, 5.74) is 7.11. The summed E-state index contributed by atoms with van der Waals surface area (Å²) >= 11 is 0. The van der Waals surface area contributed by atoms with Gasteiger partial charge in [0.2, 0.25) is 0 Å². The van der Waals surface area contributed by atoms with Gasteiger partial charge < -0.3 is 0 Å². The van der Waals surface area contributed by atoms with Gasteiger partial charge in [-0.3, -0.25) is 14.4 Å². The van der Waals surface area contributed by atoms with Crippen LogP contribution in [-0.2, 0) is 28.9 Å². The van der Waals surface area contributed by atoms with Crippen LogP contribution >= 0.6 is 0 Å². The van der Waals surface area contributed by atoms with Crippen molar-refractivity contribution in [3.8, 4) is 0 Å². The predicted molar refractivity (Wildman–Crippen MR) is 183 cm³/mol. The minimum absolute atomic E-state index is 0.0280. The van der Waals surface area contributed by atoms with Crippen molar-refractivity contribution < 1.29 is 14.4 Å². The summed E-state index contributed by atoms with van der Waals surface area (Å²) in [6, 6.07) is 25.8. The number of fused-ring (bicyclic) bond motifs is 1. The Hall–Kier alpha value is -3.33. The van der Waals surface area contributed by atoms with Crippen molar-refractivity contribution in [1.82, 2.24) is 0 Å². The molecular weight excluding hydrogens is 540 g/mol. The maximum Gasteiger partial charge on any atom is 0.163 e. The van der Waals surface area contributed by atoms with Crippen LogP contribution in [0.3, 0.4) is 0 Å². The zero-order valence-corrected chi connectivity index (χ0v) is 28.0. The number of benzene rings is 3. The third-order valence-electron chi connectivity index (χ3n) is 9.09. The van der Waals surface area contributed by atoms with Crippen molar-refractivity contribution in [1.29, 1.82) is 0 Å². The highest BCUT2D eigenvalue weighted by atomic mass is 16.1. The normalized spacial score (nSPS) is 15.6. The number of carbonyl (C=O) groups is 3. The molecule has 3 aromatic rings. The number of Topliss-reactive ketones (excluding diaryl/α,β-unsaturated/α-hetero) is 3. The number of carbonyl (C=O) groups excluding carboxylic acids is 3. The van der Waals surface area contributed by atoms with Gasteiger partial charge in [-0.1, -0.05) is 120 Å². The smallest absolute Gasteiger partial charge is 0.163 e. The molecule has 0 aliphatic heterocycles. The first-order chi connectivity index (χ1) is 21.2. The Bertz CT molecular complexity index is 1300. The summed E-state index contributed by atoms with van der Waals surface area (Å²) in [4.78, 5) is 38.4. The number of ketones is 3. The monoisotopic (exact) mass is 594 g/mol. The molecule has 0 N–H and O–H groups in total. The molecule has 3 nitrogen and oxygen atoms in total. The van der Waals surface area contributed by atoms with E-state index in [-0.39, 0.29) is 47.4 Å². The molecule has 0 saturated heterocycles. The largest absolute Gasteiger partial charge is 0.300 e. The van der Waals surface area contributed by atoms with E-state index in [0.717, 1.165) is 61.6 Å². The molecule has 0 amide bonds. The predicted octanol–water partition coefficient (Wildman–Crippen LogP) is 10.1. The van der Waals surface area contributed by atoms with Crippen LogP contribution in [-0.4, -0.2) is 17.3 Å². The van der Waals surface area contributed by atoms with Gasteiger partial charge in [-0.25, -0.2) is 0 Å². The highest BCUT2D eigenvalue weighted by Gasteiger charge is 2.33. The molecule has 0 saturated carbocycles. The van der Waals surface area contributed by atoms with Crippen LogP contribution in [0.25, 0.3) is 0 Å². The first-order valence-corrected chi connectivity index (χ1v) is 17.0. The van der Waals surface area contributed by atoms with E-state index >= 15 is 0 Å². The van der Waals surface area contributed by atoms with E-state index in [1.54, 1.807) is 0 Å². The molecule has 0 heterocycles. The van der Waals surface area contributed by atoms with Gasteiger partial charge in [0.05, 0.1) is 6.42 Å². The summed E-state index contributed by atoms with van der Waals surface area (Å²) in [5, 5.41) is 0. The first kappa shape index (κ1) is 35.2. The molecular formula is C41H54O3. The van der Waals surface area contributed by atoms with Crippen molar-refractivity contribution >= 4 is 17.3 Å². The molecule has 0 radical (unpaired) electrons. The second-order valence-corrected chi connectivity index (χ2v) is 12.9. The van der Waals surface area contributed by atoms with E-state index in [2.05, 4.69) is 107 Å². The van der Waals surface area contributed by atoms with Crippen molar-refractivity contribution in [2.24, 2.45) is 17.8 Å². The lowest BCUT2D eigenvalue weighted by molar-refractivity contribution is -0.129. The van der Waals surface area contributed by atoms with Gasteiger partial charge in [-0.05, 0) is 91.5 Å². The van der Waals surface area contributed by atoms with Gasteiger partial charge in [-0.15, -0.1) is 0 Å². The van der Waals surface area contributed by atoms with E-state index in [9.17, 15) is 14.4 Å². The van der Waals surface area contributed by atoms with Crippen LogP contribution in [0.1, 0.15) is 124 Å². The van der Waals surface area contributed by atoms with Gasteiger partial charge >= 0.3 is 0 Å². The average molecular weight is 595 g/mol. The summed E-state index contributed by atoms with van der Waals surface area (Å²) in [6.45, 7) is 12.1. The Morgan fingerprint density at radius 3 is 1.89 bits per heavy atom. The van der Waals surface area contributed by atoms with Crippen LogP contribution in [0.2, 0.25) is 0 Å². The van der Waals surface area contributed by atoms with Crippen LogP contribution in [0, 0.1) is 24.7 Å². The fourth-order valence-corrected chi connectivity index (χ4v) is 7.27. The quantitative estimate of drug-likeness (QED) is 0.175. The maximum absolute atomic E-state index is 13.8. The van der Waals surface area contributed by atoms with Crippen LogP contribution in [0.4, 0.5) is 0 Å². The van der Waals surface area contributed by atoms with Crippen LogP contribution in [0.15, 0.2) is 72.8 Å². The summed E-state index contributed by atoms with van der Waals surface area (Å²) in [7, 11) is 0. The van der Waals surface area contributed by atoms with E-state index in [4.69, 9.17) is 0 Å². The number of rotatable bonds is 14. The molecule has 236 valence electrons. The second kappa shape index (κ2) is 17.8. The number of hydrogen-bond acceptors (Lipinski definition) is 3. The Balaban J connectivity index is 0.00000169. The van der Waals surface area contributed by atoms with E-state index in [0.29, 0.717) is 6.42 Å². The molecule has 0 aromatic heterocycles. The highest BCUT2D eigenvalue weighted by molar-refractivity contribution is 6.00. The second-order valence-electron chi connectivity index (χ2n) is 12.9. The van der Waals surface area contributed by atoms with Crippen molar-refractivity contribution in [3.63, 3.8) is 0 Å². The molecule has 4 rings (SSSR count). The lowest BCUT2D eigenvalue weighted by Crippen LogP contribution is -2.30. The standard InChI is InChI=1S/C38H46O3.C3H8/c1-5-13-31(34(6-2)36(40)20-26(3)39)23-30-24-32-18-19-35(27(4)38(32)37(41)25-30)33(21-28-14-9-7-10-15-28)22-29-16-11-8-12-17-29;1-3-2/h7-12,14-19,30-31,33-34H,5-6,13,20-25H2,1-4H3;3H2,1-2H3. The minimum atomic E-state index is -0.101. The van der Waals surface area contributed by atoms with Gasteiger partial charge in [0, 0.05) is 17.9 Å². The molecule has 1 aliphatic carbocycles. The van der Waals surface area contributed by atoms with Gasteiger partial charge in [0.1, 0.15) is 11.6 Å². The minimum Gasteiger partial charge on any atom is -0.300 e. The zero-order chi connectivity index (χ0) is 32.1. The Morgan fingerprint density at radius 2 is 1.39 bits per heavy atom. The molecule has 0 bridgehead atoms. The molecule has 0 fully saturated rings. The molecule has 3 aromatic carbocycles. The fraction of sp³-hybridized carbons (Fsp3) is 0.488. The Labute approximate surface area is 266 Å². The third kappa shape index (κ3) is 9.84. The lowest BCUT2D eigenvalue weighted by Gasteiger charge is -2.32. The maximum atomic E-state index is 13.8. The summed E-state index contributed by atoms with van der Waals surface area (Å²) in [5.74, 6) is 0.891. The van der Waals surface area contributed by atoms with Crippen molar-refractivity contribution in [2.75, 3.05) is 0 Å². The van der Waals surface area contributed by atoms with E-state index < -0.39 is 0 Å². The molecule has 3 heteroatoms. The molecule has 3 unspecified atom stereocenters. The Kier molecular flexibility index (Phi) is 14.2. The van der Waals surface area contributed by atoms with Gasteiger partial charge in [0.15, 0.2) is 5.78 Å². The first-order valence-electron chi connectivity index (χ1n) is 17.0. The van der Waals surface area contributed by atoms with Crippen molar-refractivity contribution in [2.45, 2.75) is 112 Å². The van der Waals surface area contributed by atoms with E-state index in [1.807, 2.05) is 0 Å². The SMILES string of the molecule is CCC.CCCC(CC1CC(=O)c2c(ccc(C(Cc3ccccc3)Cc3ccccc3)c2C)C1)C(CC)C(=O)CC(C)=O. The van der Waals surface area contributed by atoms with E-state index in [1.165, 1.54) is 30.0 Å². The molecule has 3 atom stereocenters. The number of hydrogen-bond donors (Lipinski definition) is 0.